The van der Waals surface area contributed by atoms with Crippen molar-refractivity contribution in [3.8, 4) is 5.75 Å². The van der Waals surface area contributed by atoms with E-state index in [0.717, 1.165) is 6.07 Å². The number of methoxy groups -OCH3 is 1. The predicted molar refractivity (Wildman–Crippen MR) is 78.2 cm³/mol. The van der Waals surface area contributed by atoms with Crippen LogP contribution in [0.2, 0.25) is 0 Å². The Morgan fingerprint density at radius 1 is 1.09 bits per heavy atom. The van der Waals surface area contributed by atoms with Crippen molar-refractivity contribution in [3.05, 3.63) is 59.7 Å². The highest BCUT2D eigenvalue weighted by atomic mass is 32.2. The second-order valence-electron chi connectivity index (χ2n) is 4.54. The highest BCUT2D eigenvalue weighted by molar-refractivity contribution is 7.89. The molecule has 2 rings (SSSR count). The molecule has 2 aromatic rings. The summed E-state index contributed by atoms with van der Waals surface area (Å²) in [7, 11) is -2.57. The average Bonchev–Trinajstić information content (AvgIpc) is 2.49. The summed E-state index contributed by atoms with van der Waals surface area (Å²) in [6, 6.07) is 9.48. The van der Waals surface area contributed by atoms with Crippen LogP contribution in [0.4, 0.5) is 8.78 Å². The summed E-state index contributed by atoms with van der Waals surface area (Å²) in [5, 5.41) is 0. The minimum Gasteiger partial charge on any atom is -0.494 e. The molecule has 0 heterocycles. The van der Waals surface area contributed by atoms with E-state index in [1.54, 1.807) is 18.2 Å². The lowest BCUT2D eigenvalue weighted by molar-refractivity contribution is 0.385. The molecule has 0 unspecified atom stereocenters. The third-order valence-corrected chi connectivity index (χ3v) is 4.54. The Morgan fingerprint density at radius 2 is 1.82 bits per heavy atom. The van der Waals surface area contributed by atoms with Crippen LogP contribution in [0.3, 0.4) is 0 Å². The maximum Gasteiger partial charge on any atom is 0.240 e. The van der Waals surface area contributed by atoms with Gasteiger partial charge < -0.3 is 4.74 Å². The smallest absolute Gasteiger partial charge is 0.240 e. The Balaban J connectivity index is 2.05. The summed E-state index contributed by atoms with van der Waals surface area (Å²) in [5.74, 6) is -1.19. The van der Waals surface area contributed by atoms with E-state index in [9.17, 15) is 17.2 Å². The molecule has 0 spiro atoms. The molecule has 0 amide bonds. The molecule has 1 N–H and O–H groups in total. The fourth-order valence-electron chi connectivity index (χ4n) is 1.92. The molecule has 0 aliphatic heterocycles. The van der Waals surface area contributed by atoms with Gasteiger partial charge in [0.25, 0.3) is 0 Å². The van der Waals surface area contributed by atoms with Crippen LogP contribution in [0.25, 0.3) is 0 Å². The van der Waals surface area contributed by atoms with Crippen LogP contribution in [-0.4, -0.2) is 22.1 Å². The lowest BCUT2D eigenvalue weighted by Gasteiger charge is -2.09. The largest absolute Gasteiger partial charge is 0.494 e. The maximum absolute atomic E-state index is 13.6. The third kappa shape index (κ3) is 3.80. The van der Waals surface area contributed by atoms with E-state index in [-0.39, 0.29) is 23.6 Å². The number of nitrogens with one attached hydrogen (secondary N) is 1. The van der Waals surface area contributed by atoms with Crippen molar-refractivity contribution in [1.29, 1.82) is 0 Å². The van der Waals surface area contributed by atoms with Crippen LogP contribution in [0.5, 0.6) is 5.75 Å². The Bertz CT molecular complexity index is 763. The van der Waals surface area contributed by atoms with E-state index < -0.39 is 21.7 Å². The van der Waals surface area contributed by atoms with E-state index in [4.69, 9.17) is 4.74 Å². The molecular weight excluding hydrogens is 312 g/mol. The minimum atomic E-state index is -3.86. The van der Waals surface area contributed by atoms with Gasteiger partial charge in [0, 0.05) is 6.54 Å². The summed E-state index contributed by atoms with van der Waals surface area (Å²) in [6.07, 6.45) is 0.199. The highest BCUT2D eigenvalue weighted by Gasteiger charge is 2.16. The van der Waals surface area contributed by atoms with Crippen molar-refractivity contribution in [1.82, 2.24) is 4.72 Å². The number of ether oxygens (including phenoxy) is 1. The number of sulfonamides is 1. The van der Waals surface area contributed by atoms with Crippen LogP contribution < -0.4 is 9.46 Å². The molecule has 7 heteroatoms. The van der Waals surface area contributed by atoms with Crippen molar-refractivity contribution < 1.29 is 21.9 Å². The van der Waals surface area contributed by atoms with Crippen LogP contribution in [0.15, 0.2) is 47.4 Å². The first-order valence-corrected chi connectivity index (χ1v) is 7.99. The molecular formula is C15H15F2NO3S. The Labute approximate surface area is 127 Å². The molecule has 0 aliphatic carbocycles. The van der Waals surface area contributed by atoms with Gasteiger partial charge in [0.05, 0.1) is 12.0 Å². The van der Waals surface area contributed by atoms with Gasteiger partial charge in [-0.3, -0.25) is 0 Å². The van der Waals surface area contributed by atoms with Gasteiger partial charge >= 0.3 is 0 Å². The molecule has 0 saturated heterocycles. The number of benzene rings is 2. The van der Waals surface area contributed by atoms with Gasteiger partial charge in [-0.15, -0.1) is 0 Å². The topological polar surface area (TPSA) is 55.4 Å². The SMILES string of the molecule is COc1ccc(S(=O)(=O)NCCc2ccccc2F)cc1F. The van der Waals surface area contributed by atoms with Crippen LogP contribution in [0, 0.1) is 11.6 Å². The van der Waals surface area contributed by atoms with Crippen LogP contribution in [0.1, 0.15) is 5.56 Å². The summed E-state index contributed by atoms with van der Waals surface area (Å²) in [5.41, 5.74) is 0.408. The zero-order valence-electron chi connectivity index (χ0n) is 11.8. The Morgan fingerprint density at radius 3 is 2.45 bits per heavy atom. The molecule has 22 heavy (non-hydrogen) atoms. The number of rotatable bonds is 6. The van der Waals surface area contributed by atoms with Gasteiger partial charge in [-0.05, 0) is 36.2 Å². The molecule has 0 aliphatic rings. The number of hydrogen-bond acceptors (Lipinski definition) is 3. The minimum absolute atomic E-state index is 0.0108. The zero-order valence-corrected chi connectivity index (χ0v) is 12.7. The molecule has 0 saturated carbocycles. The summed E-state index contributed by atoms with van der Waals surface area (Å²) in [6.45, 7) is 0.0108. The van der Waals surface area contributed by atoms with Gasteiger partial charge in [0.15, 0.2) is 11.6 Å². The Hall–Kier alpha value is -1.99. The first-order valence-electron chi connectivity index (χ1n) is 6.50. The monoisotopic (exact) mass is 327 g/mol. The Kier molecular flexibility index (Phi) is 5.10. The van der Waals surface area contributed by atoms with Crippen molar-refractivity contribution in [2.75, 3.05) is 13.7 Å². The maximum atomic E-state index is 13.6. The fourth-order valence-corrected chi connectivity index (χ4v) is 2.96. The van der Waals surface area contributed by atoms with Crippen molar-refractivity contribution in [2.45, 2.75) is 11.3 Å². The van der Waals surface area contributed by atoms with Gasteiger partial charge in [-0.2, -0.15) is 0 Å². The second kappa shape index (κ2) is 6.85. The van der Waals surface area contributed by atoms with Gasteiger partial charge in [0.2, 0.25) is 10.0 Å². The summed E-state index contributed by atoms with van der Waals surface area (Å²) >= 11 is 0. The molecule has 2 aromatic carbocycles. The van der Waals surface area contributed by atoms with E-state index >= 15 is 0 Å². The predicted octanol–water partition coefficient (Wildman–Crippen LogP) is 2.49. The average molecular weight is 327 g/mol. The fraction of sp³-hybridized carbons (Fsp3) is 0.200. The van der Waals surface area contributed by atoms with E-state index in [0.29, 0.717) is 5.56 Å². The standard InChI is InChI=1S/C15H15F2NO3S/c1-21-15-7-6-12(10-14(15)17)22(19,20)18-9-8-11-4-2-3-5-13(11)16/h2-7,10,18H,8-9H2,1H3. The molecule has 118 valence electrons. The highest BCUT2D eigenvalue weighted by Crippen LogP contribution is 2.20. The first kappa shape index (κ1) is 16.4. The van der Waals surface area contributed by atoms with Gasteiger partial charge in [0.1, 0.15) is 5.82 Å². The quantitative estimate of drug-likeness (QED) is 0.887. The zero-order chi connectivity index (χ0) is 16.2. The van der Waals surface area contributed by atoms with Gasteiger partial charge in [-0.1, -0.05) is 18.2 Å². The molecule has 0 aromatic heterocycles. The van der Waals surface area contributed by atoms with E-state index in [2.05, 4.69) is 4.72 Å². The summed E-state index contributed by atoms with van der Waals surface area (Å²) < 4.78 is 58.1. The van der Waals surface area contributed by atoms with Crippen molar-refractivity contribution in [2.24, 2.45) is 0 Å². The summed E-state index contributed by atoms with van der Waals surface area (Å²) in [4.78, 5) is -0.209. The van der Waals surface area contributed by atoms with E-state index in [1.807, 2.05) is 0 Å². The lowest BCUT2D eigenvalue weighted by atomic mass is 10.1. The molecule has 0 radical (unpaired) electrons. The normalized spacial score (nSPS) is 11.4. The second-order valence-corrected chi connectivity index (χ2v) is 6.30. The van der Waals surface area contributed by atoms with E-state index in [1.165, 1.54) is 25.3 Å². The number of hydrogen-bond donors (Lipinski definition) is 1. The molecule has 0 fully saturated rings. The molecule has 0 atom stereocenters. The lowest BCUT2D eigenvalue weighted by Crippen LogP contribution is -2.26. The molecule has 4 nitrogen and oxygen atoms in total. The third-order valence-electron chi connectivity index (χ3n) is 3.08. The van der Waals surface area contributed by atoms with Gasteiger partial charge in [-0.25, -0.2) is 21.9 Å². The molecule has 0 bridgehead atoms. The van der Waals surface area contributed by atoms with Crippen molar-refractivity contribution >= 4 is 10.0 Å². The van der Waals surface area contributed by atoms with Crippen LogP contribution in [-0.2, 0) is 16.4 Å². The number of halogens is 2. The van der Waals surface area contributed by atoms with Crippen molar-refractivity contribution in [3.63, 3.8) is 0 Å². The van der Waals surface area contributed by atoms with Crippen LogP contribution >= 0.6 is 0 Å². The first-order chi connectivity index (χ1) is 10.4.